The van der Waals surface area contributed by atoms with Crippen LogP contribution in [0.5, 0.6) is 0 Å². The van der Waals surface area contributed by atoms with E-state index >= 15 is 0 Å². The molecule has 2 aromatic rings. The molecule has 0 aromatic heterocycles. The molecule has 0 heterocycles. The Morgan fingerprint density at radius 3 is 2.19 bits per heavy atom. The molecular formula is C18H22BrNS. The largest absolute Gasteiger partial charge is 0.327 e. The van der Waals surface area contributed by atoms with Crippen molar-refractivity contribution in [3.8, 4) is 0 Å². The summed E-state index contributed by atoms with van der Waals surface area (Å²) in [5.74, 6) is 1.52. The summed E-state index contributed by atoms with van der Waals surface area (Å²) in [5.41, 5.74) is 8.96. The van der Waals surface area contributed by atoms with Crippen molar-refractivity contribution < 1.29 is 0 Å². The first kappa shape index (κ1) is 16.6. The first-order valence-corrected chi connectivity index (χ1v) is 9.05. The summed E-state index contributed by atoms with van der Waals surface area (Å²) in [7, 11) is 0. The summed E-state index contributed by atoms with van der Waals surface area (Å²) in [4.78, 5) is 1.27. The van der Waals surface area contributed by atoms with Crippen molar-refractivity contribution in [2.75, 3.05) is 5.75 Å². The average molecular weight is 364 g/mol. The van der Waals surface area contributed by atoms with Gasteiger partial charge in [-0.05, 0) is 47.7 Å². The second kappa shape index (κ2) is 8.02. The third-order valence-electron chi connectivity index (χ3n) is 3.42. The van der Waals surface area contributed by atoms with E-state index in [0.29, 0.717) is 5.92 Å². The zero-order valence-corrected chi connectivity index (χ0v) is 15.0. The second-order valence-corrected chi connectivity index (χ2v) is 7.63. The maximum absolute atomic E-state index is 6.25. The Labute approximate surface area is 140 Å². The van der Waals surface area contributed by atoms with E-state index in [-0.39, 0.29) is 6.04 Å². The fourth-order valence-electron chi connectivity index (χ4n) is 2.13. The normalized spacial score (nSPS) is 12.6. The summed E-state index contributed by atoms with van der Waals surface area (Å²) < 4.78 is 1.11. The van der Waals surface area contributed by atoms with Gasteiger partial charge in [0.05, 0.1) is 0 Å². The van der Waals surface area contributed by atoms with E-state index in [0.717, 1.165) is 16.6 Å². The van der Waals surface area contributed by atoms with Gasteiger partial charge in [0.2, 0.25) is 0 Å². The molecule has 3 heteroatoms. The molecule has 0 saturated carbocycles. The molecule has 0 aliphatic heterocycles. The van der Waals surface area contributed by atoms with Gasteiger partial charge >= 0.3 is 0 Å². The summed E-state index contributed by atoms with van der Waals surface area (Å²) in [5, 5.41) is 0. The van der Waals surface area contributed by atoms with Crippen LogP contribution >= 0.6 is 27.7 Å². The molecule has 112 valence electrons. The van der Waals surface area contributed by atoms with E-state index in [9.17, 15) is 0 Å². The van der Waals surface area contributed by atoms with Gasteiger partial charge in [-0.3, -0.25) is 0 Å². The lowest BCUT2D eigenvalue weighted by atomic mass is 10.00. The number of rotatable bonds is 6. The first-order valence-electron chi connectivity index (χ1n) is 7.27. The Kier molecular flexibility index (Phi) is 6.34. The van der Waals surface area contributed by atoms with Crippen molar-refractivity contribution in [1.82, 2.24) is 0 Å². The van der Waals surface area contributed by atoms with Crippen LogP contribution in [-0.2, 0) is 6.42 Å². The molecule has 1 unspecified atom stereocenters. The van der Waals surface area contributed by atoms with Gasteiger partial charge in [-0.2, -0.15) is 0 Å². The third kappa shape index (κ3) is 5.50. The zero-order valence-electron chi connectivity index (χ0n) is 12.6. The highest BCUT2D eigenvalue weighted by atomic mass is 79.9. The van der Waals surface area contributed by atoms with E-state index in [4.69, 9.17) is 5.73 Å². The minimum absolute atomic E-state index is 0.184. The van der Waals surface area contributed by atoms with Gasteiger partial charge in [0.15, 0.2) is 0 Å². The number of hydrogen-bond acceptors (Lipinski definition) is 2. The standard InChI is InChI=1S/C18H22BrNS/c1-13(2)15-5-3-14(4-6-15)11-17(20)12-21-18-9-7-16(19)8-10-18/h3-10,13,17H,11-12,20H2,1-2H3. The molecular weight excluding hydrogens is 342 g/mol. The van der Waals surface area contributed by atoms with Crippen LogP contribution in [0.4, 0.5) is 0 Å². The van der Waals surface area contributed by atoms with Crippen LogP contribution in [0, 0.1) is 0 Å². The first-order chi connectivity index (χ1) is 10.0. The molecule has 0 aliphatic carbocycles. The number of nitrogens with two attached hydrogens (primary N) is 1. The van der Waals surface area contributed by atoms with Crippen LogP contribution in [0.2, 0.25) is 0 Å². The highest BCUT2D eigenvalue weighted by Gasteiger charge is 2.06. The lowest BCUT2D eigenvalue weighted by Gasteiger charge is -2.12. The number of halogens is 1. The van der Waals surface area contributed by atoms with Crippen molar-refractivity contribution in [2.24, 2.45) is 5.73 Å². The molecule has 0 bridgehead atoms. The highest BCUT2D eigenvalue weighted by Crippen LogP contribution is 2.22. The van der Waals surface area contributed by atoms with Gasteiger partial charge in [0, 0.05) is 21.2 Å². The van der Waals surface area contributed by atoms with Crippen molar-refractivity contribution in [1.29, 1.82) is 0 Å². The molecule has 0 radical (unpaired) electrons. The molecule has 1 nitrogen and oxygen atoms in total. The van der Waals surface area contributed by atoms with Crippen LogP contribution in [0.15, 0.2) is 57.9 Å². The predicted molar refractivity (Wildman–Crippen MR) is 97.1 cm³/mol. The Bertz CT molecular complexity index is 548. The Morgan fingerprint density at radius 2 is 1.62 bits per heavy atom. The second-order valence-electron chi connectivity index (χ2n) is 5.63. The van der Waals surface area contributed by atoms with Gasteiger partial charge in [-0.25, -0.2) is 0 Å². The number of thioether (sulfide) groups is 1. The maximum atomic E-state index is 6.25. The van der Waals surface area contributed by atoms with Crippen LogP contribution in [-0.4, -0.2) is 11.8 Å². The van der Waals surface area contributed by atoms with Crippen LogP contribution in [0.25, 0.3) is 0 Å². The Balaban J connectivity index is 1.83. The lowest BCUT2D eigenvalue weighted by Crippen LogP contribution is -2.25. The molecule has 0 fully saturated rings. The average Bonchev–Trinajstić information content (AvgIpc) is 2.47. The Hall–Kier alpha value is -0.770. The number of hydrogen-bond donors (Lipinski definition) is 1. The fraction of sp³-hybridized carbons (Fsp3) is 0.333. The van der Waals surface area contributed by atoms with Crippen LogP contribution in [0.1, 0.15) is 30.9 Å². The minimum Gasteiger partial charge on any atom is -0.327 e. The minimum atomic E-state index is 0.184. The smallest absolute Gasteiger partial charge is 0.0176 e. The molecule has 0 aliphatic rings. The zero-order chi connectivity index (χ0) is 15.2. The predicted octanol–water partition coefficient (Wildman–Crippen LogP) is 5.23. The molecule has 0 spiro atoms. The van der Waals surface area contributed by atoms with Gasteiger partial charge in [0.1, 0.15) is 0 Å². The lowest BCUT2D eigenvalue weighted by molar-refractivity contribution is 0.747. The van der Waals surface area contributed by atoms with Crippen molar-refractivity contribution in [3.05, 3.63) is 64.1 Å². The number of benzene rings is 2. The van der Waals surface area contributed by atoms with Crippen molar-refractivity contribution >= 4 is 27.7 Å². The molecule has 0 saturated heterocycles. The van der Waals surface area contributed by atoms with E-state index < -0.39 is 0 Å². The van der Waals surface area contributed by atoms with Crippen molar-refractivity contribution in [2.45, 2.75) is 37.1 Å². The molecule has 2 N–H and O–H groups in total. The van der Waals surface area contributed by atoms with Gasteiger partial charge in [0.25, 0.3) is 0 Å². The van der Waals surface area contributed by atoms with Crippen LogP contribution < -0.4 is 5.73 Å². The molecule has 0 amide bonds. The highest BCUT2D eigenvalue weighted by molar-refractivity contribution is 9.10. The van der Waals surface area contributed by atoms with E-state index in [1.807, 2.05) is 11.8 Å². The van der Waals surface area contributed by atoms with E-state index in [1.165, 1.54) is 16.0 Å². The van der Waals surface area contributed by atoms with Crippen LogP contribution in [0.3, 0.4) is 0 Å². The summed E-state index contributed by atoms with van der Waals surface area (Å²) in [6, 6.07) is 17.4. The van der Waals surface area contributed by atoms with Gasteiger partial charge < -0.3 is 5.73 Å². The summed E-state index contributed by atoms with van der Waals surface area (Å²) in [6.45, 7) is 4.44. The molecule has 2 aromatic carbocycles. The molecule has 2 rings (SSSR count). The molecule has 1 atom stereocenters. The topological polar surface area (TPSA) is 26.0 Å². The monoisotopic (exact) mass is 363 g/mol. The maximum Gasteiger partial charge on any atom is 0.0176 e. The Morgan fingerprint density at radius 1 is 1.00 bits per heavy atom. The van der Waals surface area contributed by atoms with Gasteiger partial charge in [-0.1, -0.05) is 54.0 Å². The van der Waals surface area contributed by atoms with E-state index in [2.05, 4.69) is 78.3 Å². The quantitative estimate of drug-likeness (QED) is 0.710. The third-order valence-corrected chi connectivity index (χ3v) is 5.15. The van der Waals surface area contributed by atoms with Gasteiger partial charge in [-0.15, -0.1) is 11.8 Å². The summed E-state index contributed by atoms with van der Waals surface area (Å²) >= 11 is 5.27. The van der Waals surface area contributed by atoms with E-state index in [1.54, 1.807) is 0 Å². The molecule has 21 heavy (non-hydrogen) atoms. The SMILES string of the molecule is CC(C)c1ccc(CC(N)CSc2ccc(Br)cc2)cc1. The van der Waals surface area contributed by atoms with Crippen molar-refractivity contribution in [3.63, 3.8) is 0 Å². The fourth-order valence-corrected chi connectivity index (χ4v) is 3.25. The summed E-state index contributed by atoms with van der Waals surface area (Å²) in [6.07, 6.45) is 0.932.